The highest BCUT2D eigenvalue weighted by Gasteiger charge is 2.25. The average Bonchev–Trinajstić information content (AvgIpc) is 2.61. The highest BCUT2D eigenvalue weighted by Crippen LogP contribution is 2.36. The monoisotopic (exact) mass is 382 g/mol. The first-order valence-electron chi connectivity index (χ1n) is 8.15. The lowest BCUT2D eigenvalue weighted by Gasteiger charge is -2.11. The van der Waals surface area contributed by atoms with Gasteiger partial charge < -0.3 is 9.64 Å². The Kier molecular flexibility index (Phi) is 7.83. The second-order valence-electron chi connectivity index (χ2n) is 5.48. The molecule has 2 aromatic rings. The minimum atomic E-state index is -1.23. The molecule has 0 aliphatic rings. The van der Waals surface area contributed by atoms with Gasteiger partial charge in [0.25, 0.3) is 5.69 Å². The van der Waals surface area contributed by atoms with Crippen molar-refractivity contribution in [2.24, 2.45) is 0 Å². The fourth-order valence-corrected chi connectivity index (χ4v) is 2.03. The molecule has 0 aromatic heterocycles. The molecule has 0 aliphatic heterocycles. The summed E-state index contributed by atoms with van der Waals surface area (Å²) in [7, 11) is 3.28. The van der Waals surface area contributed by atoms with Crippen molar-refractivity contribution in [3.8, 4) is 11.5 Å². The number of halogens is 3. The number of hydrogen-bond donors (Lipinski definition) is 0. The lowest BCUT2D eigenvalue weighted by atomic mass is 10.1. The van der Waals surface area contributed by atoms with E-state index in [0.29, 0.717) is 6.07 Å². The van der Waals surface area contributed by atoms with Crippen LogP contribution >= 0.6 is 0 Å². The van der Waals surface area contributed by atoms with Gasteiger partial charge in [-0.05, 0) is 43.0 Å². The Hall–Kier alpha value is -3.03. The summed E-state index contributed by atoms with van der Waals surface area (Å²) in [6.07, 6.45) is 2.53. The SMILES string of the molecule is CC.Cc1cc(Oc2c(F)cc([N+](=O)[O-])c(/C=C/N(C)C)c2F)ccc1F. The van der Waals surface area contributed by atoms with E-state index in [-0.39, 0.29) is 11.3 Å². The van der Waals surface area contributed by atoms with Gasteiger partial charge in [-0.15, -0.1) is 0 Å². The Morgan fingerprint density at radius 3 is 2.26 bits per heavy atom. The van der Waals surface area contributed by atoms with Crippen LogP contribution in [0, 0.1) is 34.5 Å². The molecule has 0 fully saturated rings. The van der Waals surface area contributed by atoms with E-state index in [0.717, 1.165) is 12.1 Å². The van der Waals surface area contributed by atoms with Crippen LogP contribution in [0.3, 0.4) is 0 Å². The molecule has 2 aromatic carbocycles. The van der Waals surface area contributed by atoms with Crippen molar-refractivity contribution < 1.29 is 22.8 Å². The third-order valence-electron chi connectivity index (χ3n) is 3.28. The number of ether oxygens (including phenoxy) is 1. The van der Waals surface area contributed by atoms with Gasteiger partial charge in [-0.25, -0.2) is 13.2 Å². The molecule has 0 amide bonds. The minimum absolute atomic E-state index is 0.00749. The van der Waals surface area contributed by atoms with Crippen LogP contribution in [0.4, 0.5) is 18.9 Å². The van der Waals surface area contributed by atoms with E-state index in [2.05, 4.69) is 0 Å². The van der Waals surface area contributed by atoms with E-state index in [1.54, 1.807) is 14.1 Å². The molecule has 2 rings (SSSR count). The van der Waals surface area contributed by atoms with E-state index < -0.39 is 39.4 Å². The van der Waals surface area contributed by atoms with Gasteiger partial charge in [0.1, 0.15) is 11.6 Å². The van der Waals surface area contributed by atoms with Crippen molar-refractivity contribution in [1.82, 2.24) is 4.90 Å². The Morgan fingerprint density at radius 2 is 1.74 bits per heavy atom. The van der Waals surface area contributed by atoms with Crippen LogP contribution in [0.15, 0.2) is 30.5 Å². The van der Waals surface area contributed by atoms with Gasteiger partial charge in [0.15, 0.2) is 17.4 Å². The third-order valence-corrected chi connectivity index (χ3v) is 3.28. The minimum Gasteiger partial charge on any atom is -0.451 e. The molecule has 0 saturated heterocycles. The number of rotatable bonds is 5. The molecule has 27 heavy (non-hydrogen) atoms. The van der Waals surface area contributed by atoms with Crippen molar-refractivity contribution in [2.45, 2.75) is 20.8 Å². The van der Waals surface area contributed by atoms with Crippen molar-refractivity contribution in [1.29, 1.82) is 0 Å². The molecular formula is C19H21F3N2O3. The maximum absolute atomic E-state index is 14.7. The predicted octanol–water partition coefficient (Wildman–Crippen LogP) is 5.67. The fourth-order valence-electron chi connectivity index (χ4n) is 2.03. The maximum atomic E-state index is 14.7. The summed E-state index contributed by atoms with van der Waals surface area (Å²) in [5, 5.41) is 11.1. The zero-order valence-electron chi connectivity index (χ0n) is 15.7. The molecule has 0 atom stereocenters. The van der Waals surface area contributed by atoms with Gasteiger partial charge in [-0.1, -0.05) is 13.8 Å². The second-order valence-corrected chi connectivity index (χ2v) is 5.48. The topological polar surface area (TPSA) is 55.6 Å². The van der Waals surface area contributed by atoms with Gasteiger partial charge in [0, 0.05) is 14.1 Å². The standard InChI is InChI=1S/C17H15F3N2O3.C2H6/c1-10-8-11(4-5-13(10)18)25-17-14(19)9-15(22(23)24)12(16(17)20)6-7-21(2)3;1-2/h4-9H,1-3H3;1-2H3/b7-6+;. The second kappa shape index (κ2) is 9.61. The van der Waals surface area contributed by atoms with Crippen molar-refractivity contribution in [3.05, 3.63) is 69.2 Å². The highest BCUT2D eigenvalue weighted by atomic mass is 19.1. The van der Waals surface area contributed by atoms with Gasteiger partial charge in [0.05, 0.1) is 16.6 Å². The fraction of sp³-hybridized carbons (Fsp3) is 0.263. The molecule has 0 unspecified atom stereocenters. The van der Waals surface area contributed by atoms with E-state index in [1.807, 2.05) is 13.8 Å². The molecule has 0 aliphatic carbocycles. The van der Waals surface area contributed by atoms with Gasteiger partial charge in [0.2, 0.25) is 0 Å². The molecule has 0 bridgehead atoms. The first-order valence-corrected chi connectivity index (χ1v) is 8.15. The number of hydrogen-bond acceptors (Lipinski definition) is 4. The van der Waals surface area contributed by atoms with E-state index in [4.69, 9.17) is 4.74 Å². The van der Waals surface area contributed by atoms with Crippen LogP contribution in [-0.4, -0.2) is 23.9 Å². The smallest absolute Gasteiger partial charge is 0.282 e. The summed E-state index contributed by atoms with van der Waals surface area (Å²) in [5.41, 5.74) is -0.919. The van der Waals surface area contributed by atoms with E-state index in [1.165, 1.54) is 30.2 Å². The van der Waals surface area contributed by atoms with Crippen LogP contribution in [0.5, 0.6) is 11.5 Å². The Bertz CT molecular complexity index is 853. The normalized spacial score (nSPS) is 10.4. The Labute approximate surface area is 155 Å². The zero-order chi connectivity index (χ0) is 20.7. The molecule has 0 spiro atoms. The summed E-state index contributed by atoms with van der Waals surface area (Å²) in [6, 6.07) is 4.16. The van der Waals surface area contributed by atoms with Crippen molar-refractivity contribution in [3.63, 3.8) is 0 Å². The molecular weight excluding hydrogens is 361 g/mol. The van der Waals surface area contributed by atoms with Crippen LogP contribution in [-0.2, 0) is 0 Å². The summed E-state index contributed by atoms with van der Waals surface area (Å²) in [6.45, 7) is 5.47. The van der Waals surface area contributed by atoms with Gasteiger partial charge in [-0.3, -0.25) is 10.1 Å². The van der Waals surface area contributed by atoms with E-state index >= 15 is 0 Å². The van der Waals surface area contributed by atoms with Crippen molar-refractivity contribution >= 4 is 11.8 Å². The Morgan fingerprint density at radius 1 is 1.11 bits per heavy atom. The quantitative estimate of drug-likeness (QED) is 0.494. The molecule has 146 valence electrons. The third kappa shape index (κ3) is 5.47. The number of aryl methyl sites for hydroxylation is 1. The number of nitro benzene ring substituents is 1. The molecule has 0 heterocycles. The zero-order valence-corrected chi connectivity index (χ0v) is 15.7. The van der Waals surface area contributed by atoms with Crippen molar-refractivity contribution in [2.75, 3.05) is 14.1 Å². The molecule has 0 radical (unpaired) electrons. The van der Waals surface area contributed by atoms with Crippen LogP contribution in [0.25, 0.3) is 6.08 Å². The first kappa shape index (κ1) is 22.0. The lowest BCUT2D eigenvalue weighted by Crippen LogP contribution is -2.03. The maximum Gasteiger partial charge on any atom is 0.282 e. The van der Waals surface area contributed by atoms with Gasteiger partial charge >= 0.3 is 0 Å². The van der Waals surface area contributed by atoms with Crippen LogP contribution in [0.2, 0.25) is 0 Å². The summed E-state index contributed by atoms with van der Waals surface area (Å²) >= 11 is 0. The number of benzene rings is 2. The largest absolute Gasteiger partial charge is 0.451 e. The van der Waals surface area contributed by atoms with Crippen LogP contribution < -0.4 is 4.74 Å². The predicted molar refractivity (Wildman–Crippen MR) is 98.3 cm³/mol. The average molecular weight is 382 g/mol. The lowest BCUT2D eigenvalue weighted by molar-refractivity contribution is -0.385. The molecule has 0 N–H and O–H groups in total. The Balaban J connectivity index is 0.00000176. The highest BCUT2D eigenvalue weighted by molar-refractivity contribution is 5.64. The molecule has 0 saturated carbocycles. The summed E-state index contributed by atoms with van der Waals surface area (Å²) < 4.78 is 47.3. The molecule has 5 nitrogen and oxygen atoms in total. The number of nitro groups is 1. The van der Waals surface area contributed by atoms with Gasteiger partial charge in [-0.2, -0.15) is 0 Å². The van der Waals surface area contributed by atoms with Crippen LogP contribution in [0.1, 0.15) is 25.0 Å². The molecule has 8 heteroatoms. The number of nitrogens with zero attached hydrogens (tertiary/aromatic N) is 2. The summed E-state index contributed by atoms with van der Waals surface area (Å²) in [5.74, 6) is -3.73. The first-order chi connectivity index (χ1) is 12.7. The van der Waals surface area contributed by atoms with E-state index in [9.17, 15) is 23.3 Å². The summed E-state index contributed by atoms with van der Waals surface area (Å²) in [4.78, 5) is 11.7.